The second-order valence-corrected chi connectivity index (χ2v) is 13.0. The maximum Gasteiger partial charge on any atom is 0.0823 e. The molecule has 0 aliphatic heterocycles. The minimum absolute atomic E-state index is 0.476. The van der Waals surface area contributed by atoms with E-state index in [9.17, 15) is 5.11 Å². The lowest BCUT2D eigenvalue weighted by Gasteiger charge is -2.61. The van der Waals surface area contributed by atoms with Crippen LogP contribution < -0.4 is 0 Å². The Labute approximate surface area is 193 Å². The summed E-state index contributed by atoms with van der Waals surface area (Å²) in [4.78, 5) is 0. The van der Waals surface area contributed by atoms with E-state index in [4.69, 9.17) is 0 Å². The molecule has 1 unspecified atom stereocenters. The predicted octanol–water partition coefficient (Wildman–Crippen LogP) is 9.11. The van der Waals surface area contributed by atoms with Crippen molar-refractivity contribution in [3.63, 3.8) is 0 Å². The van der Waals surface area contributed by atoms with Gasteiger partial charge in [-0.2, -0.15) is 0 Å². The van der Waals surface area contributed by atoms with Crippen LogP contribution in [0.1, 0.15) is 112 Å². The molecule has 0 saturated heterocycles. The molecule has 4 aliphatic rings. The first kappa shape index (κ1) is 23.4. The summed E-state index contributed by atoms with van der Waals surface area (Å²) < 4.78 is 0. The number of rotatable bonds is 5. The molecule has 1 N–H and O–H groups in total. The standard InChI is InChI=1S/C30H50O/c1-20(2)24(22(4)19-31)12-10-21(3)26-14-15-27-25-13-11-23-9-7-8-17-29(23,5)28(25)16-18-30(26,27)6/h12,19-21,23,25-28,31H,7-11,13-18H2,1-6H3/t21-,23?,25+,26-,27+,28+,29+,30-/m1/s1. The van der Waals surface area contributed by atoms with Crippen LogP contribution in [-0.2, 0) is 0 Å². The largest absolute Gasteiger partial charge is 0.515 e. The summed E-state index contributed by atoms with van der Waals surface area (Å²) in [5.41, 5.74) is 3.60. The van der Waals surface area contributed by atoms with E-state index in [0.29, 0.717) is 16.7 Å². The first-order valence-corrected chi connectivity index (χ1v) is 13.7. The molecule has 0 aromatic rings. The molecule has 0 aromatic heterocycles. The van der Waals surface area contributed by atoms with Gasteiger partial charge in [-0.3, -0.25) is 0 Å². The monoisotopic (exact) mass is 426 g/mol. The van der Waals surface area contributed by atoms with Crippen molar-refractivity contribution in [1.29, 1.82) is 0 Å². The summed E-state index contributed by atoms with van der Waals surface area (Å²) in [7, 11) is 0. The lowest BCUT2D eigenvalue weighted by atomic mass is 9.44. The van der Waals surface area contributed by atoms with Gasteiger partial charge in [0.2, 0.25) is 0 Å². The zero-order valence-corrected chi connectivity index (χ0v) is 21.4. The molecule has 0 spiro atoms. The molecule has 0 heterocycles. The van der Waals surface area contributed by atoms with E-state index < -0.39 is 0 Å². The van der Waals surface area contributed by atoms with Crippen LogP contribution in [0.2, 0.25) is 0 Å². The molecule has 4 rings (SSSR count). The highest BCUT2D eigenvalue weighted by Crippen LogP contribution is 2.68. The molecule has 4 saturated carbocycles. The lowest BCUT2D eigenvalue weighted by Crippen LogP contribution is -2.53. The average molecular weight is 427 g/mol. The van der Waals surface area contributed by atoms with Crippen LogP contribution in [0.4, 0.5) is 0 Å². The first-order chi connectivity index (χ1) is 14.7. The van der Waals surface area contributed by atoms with E-state index >= 15 is 0 Å². The van der Waals surface area contributed by atoms with Gasteiger partial charge < -0.3 is 5.11 Å². The van der Waals surface area contributed by atoms with E-state index in [0.717, 1.165) is 41.1 Å². The molecule has 1 heteroatoms. The number of aliphatic hydroxyl groups is 1. The highest BCUT2D eigenvalue weighted by Gasteiger charge is 2.59. The van der Waals surface area contributed by atoms with Crippen molar-refractivity contribution in [2.24, 2.45) is 52.3 Å². The Morgan fingerprint density at radius 1 is 0.903 bits per heavy atom. The van der Waals surface area contributed by atoms with E-state index in [2.05, 4.69) is 40.7 Å². The molecule has 8 atom stereocenters. The van der Waals surface area contributed by atoms with Gasteiger partial charge in [0.25, 0.3) is 0 Å². The van der Waals surface area contributed by atoms with Crippen molar-refractivity contribution in [2.75, 3.05) is 0 Å². The molecule has 0 bridgehead atoms. The van der Waals surface area contributed by atoms with Crippen molar-refractivity contribution in [3.05, 3.63) is 23.5 Å². The van der Waals surface area contributed by atoms with Crippen LogP contribution in [-0.4, -0.2) is 5.11 Å². The van der Waals surface area contributed by atoms with E-state index in [1.165, 1.54) is 82.5 Å². The molecule has 176 valence electrons. The number of hydrogen-bond donors (Lipinski definition) is 1. The molecule has 0 amide bonds. The van der Waals surface area contributed by atoms with E-state index in [1.807, 2.05) is 6.92 Å². The van der Waals surface area contributed by atoms with Gasteiger partial charge in [0.05, 0.1) is 6.26 Å². The fourth-order valence-electron chi connectivity index (χ4n) is 9.67. The van der Waals surface area contributed by atoms with Crippen LogP contribution in [0.15, 0.2) is 23.5 Å². The summed E-state index contributed by atoms with van der Waals surface area (Å²) in [6.07, 6.45) is 19.9. The number of fused-ring (bicyclic) bond motifs is 5. The highest BCUT2D eigenvalue weighted by molar-refractivity contribution is 5.29. The predicted molar refractivity (Wildman–Crippen MR) is 133 cm³/mol. The van der Waals surface area contributed by atoms with E-state index in [-0.39, 0.29) is 0 Å². The van der Waals surface area contributed by atoms with Crippen molar-refractivity contribution < 1.29 is 5.11 Å². The Morgan fingerprint density at radius 3 is 2.35 bits per heavy atom. The molecule has 0 radical (unpaired) electrons. The highest BCUT2D eigenvalue weighted by atomic mass is 16.2. The third-order valence-corrected chi connectivity index (χ3v) is 11.3. The van der Waals surface area contributed by atoms with E-state index in [1.54, 1.807) is 0 Å². The molecule has 1 nitrogen and oxygen atoms in total. The van der Waals surface area contributed by atoms with Crippen molar-refractivity contribution in [2.45, 2.75) is 112 Å². The Balaban J connectivity index is 1.50. The Morgan fingerprint density at radius 2 is 1.65 bits per heavy atom. The average Bonchev–Trinajstić information content (AvgIpc) is 3.10. The first-order valence-electron chi connectivity index (χ1n) is 13.7. The van der Waals surface area contributed by atoms with Crippen LogP contribution in [0, 0.1) is 52.3 Å². The topological polar surface area (TPSA) is 20.2 Å². The number of aliphatic hydroxyl groups excluding tert-OH is 1. The Hall–Kier alpha value is -0.720. The van der Waals surface area contributed by atoms with Gasteiger partial charge in [-0.1, -0.05) is 53.5 Å². The maximum atomic E-state index is 9.54. The maximum absolute atomic E-state index is 9.54. The van der Waals surface area contributed by atoms with Crippen molar-refractivity contribution in [3.8, 4) is 0 Å². The normalized spacial score (nSPS) is 44.5. The molecular formula is C30H50O. The van der Waals surface area contributed by atoms with Gasteiger partial charge in [0, 0.05) is 0 Å². The van der Waals surface area contributed by atoms with Crippen molar-refractivity contribution >= 4 is 0 Å². The van der Waals surface area contributed by atoms with Gasteiger partial charge in [-0.05, 0) is 128 Å². The van der Waals surface area contributed by atoms with Gasteiger partial charge in [-0.25, -0.2) is 0 Å². The van der Waals surface area contributed by atoms with Gasteiger partial charge in [0.15, 0.2) is 0 Å². The minimum atomic E-state index is 0.476. The Bertz CT molecular complexity index is 701. The fraction of sp³-hybridized carbons (Fsp3) is 0.867. The summed E-state index contributed by atoms with van der Waals surface area (Å²) >= 11 is 0. The third kappa shape index (κ3) is 3.95. The zero-order valence-electron chi connectivity index (χ0n) is 21.4. The van der Waals surface area contributed by atoms with Crippen molar-refractivity contribution in [1.82, 2.24) is 0 Å². The summed E-state index contributed by atoms with van der Waals surface area (Å²) in [6.45, 7) is 14.5. The third-order valence-electron chi connectivity index (χ3n) is 11.3. The fourth-order valence-corrected chi connectivity index (χ4v) is 9.67. The second-order valence-electron chi connectivity index (χ2n) is 13.0. The summed E-state index contributed by atoms with van der Waals surface area (Å²) in [5.74, 6) is 6.13. The molecule has 0 aromatic carbocycles. The zero-order chi connectivity index (χ0) is 22.4. The van der Waals surface area contributed by atoms with Crippen LogP contribution in [0.3, 0.4) is 0 Å². The van der Waals surface area contributed by atoms with Gasteiger partial charge in [0.1, 0.15) is 0 Å². The van der Waals surface area contributed by atoms with Crippen LogP contribution in [0.25, 0.3) is 0 Å². The molecule has 4 fully saturated rings. The molecule has 4 aliphatic carbocycles. The van der Waals surface area contributed by atoms with Gasteiger partial charge in [-0.15, -0.1) is 0 Å². The lowest BCUT2D eigenvalue weighted by molar-refractivity contribution is -0.114. The minimum Gasteiger partial charge on any atom is -0.515 e. The summed E-state index contributed by atoms with van der Waals surface area (Å²) in [6, 6.07) is 0. The second kappa shape index (κ2) is 8.90. The molecule has 31 heavy (non-hydrogen) atoms. The quantitative estimate of drug-likeness (QED) is 0.343. The number of allylic oxidation sites excluding steroid dienone is 3. The van der Waals surface area contributed by atoms with Crippen LogP contribution >= 0.6 is 0 Å². The SMILES string of the molecule is CC(=CO)C(=CC[C@@H](C)[C@H]1CC[C@H]2[C@@H]3CCC4CCCC[C@]4(C)[C@H]3CC[C@]12C)C(C)C. The Kier molecular flexibility index (Phi) is 6.73. The smallest absolute Gasteiger partial charge is 0.0823 e. The summed E-state index contributed by atoms with van der Waals surface area (Å²) in [5, 5.41) is 9.54. The van der Waals surface area contributed by atoms with Crippen LogP contribution in [0.5, 0.6) is 0 Å². The molecular weight excluding hydrogens is 376 g/mol. The number of hydrogen-bond acceptors (Lipinski definition) is 1. The van der Waals surface area contributed by atoms with Gasteiger partial charge >= 0.3 is 0 Å².